The van der Waals surface area contributed by atoms with Gasteiger partial charge < -0.3 is 4.74 Å². The molecule has 1 heterocycles. The minimum absolute atomic E-state index is 0.0833. The van der Waals surface area contributed by atoms with Gasteiger partial charge in [0.05, 0.1) is 11.7 Å². The Kier molecular flexibility index (Phi) is 2.27. The van der Waals surface area contributed by atoms with Gasteiger partial charge in [0.1, 0.15) is 11.6 Å². The van der Waals surface area contributed by atoms with Crippen LogP contribution in [0.5, 0.6) is 0 Å². The Hall–Kier alpha value is -0.960. The molecule has 1 aliphatic rings. The van der Waals surface area contributed by atoms with Crippen molar-refractivity contribution in [3.05, 3.63) is 35.4 Å². The lowest BCUT2D eigenvalue weighted by Crippen LogP contribution is -2.02. The number of hydrogen-bond donors (Lipinski definition) is 0. The SMILES string of the molecule is Fc1cccc(F)c1C1CCCO1. The smallest absolute Gasteiger partial charge is 0.131 e. The molecule has 0 N–H and O–H groups in total. The van der Waals surface area contributed by atoms with Gasteiger partial charge >= 0.3 is 0 Å². The summed E-state index contributed by atoms with van der Waals surface area (Å²) < 4.78 is 31.6. The third kappa shape index (κ3) is 1.56. The standard InChI is InChI=1S/C10H10F2O/c11-7-3-1-4-8(12)10(7)9-5-2-6-13-9/h1,3-4,9H,2,5-6H2. The Morgan fingerprint density at radius 2 is 1.92 bits per heavy atom. The summed E-state index contributed by atoms with van der Waals surface area (Å²) in [7, 11) is 0. The first kappa shape index (κ1) is 8.63. The summed E-state index contributed by atoms with van der Waals surface area (Å²) in [6, 6.07) is 3.89. The first-order chi connectivity index (χ1) is 6.29. The summed E-state index contributed by atoms with van der Waals surface area (Å²) in [4.78, 5) is 0. The zero-order valence-corrected chi connectivity index (χ0v) is 7.09. The normalized spacial score (nSPS) is 22.2. The zero-order valence-electron chi connectivity index (χ0n) is 7.09. The third-order valence-corrected chi connectivity index (χ3v) is 2.25. The van der Waals surface area contributed by atoms with Crippen LogP contribution in [0.15, 0.2) is 18.2 Å². The Bertz CT molecular complexity index is 286. The number of rotatable bonds is 1. The second-order valence-electron chi connectivity index (χ2n) is 3.14. The Labute approximate surface area is 75.3 Å². The van der Waals surface area contributed by atoms with E-state index in [4.69, 9.17) is 4.74 Å². The molecule has 0 spiro atoms. The van der Waals surface area contributed by atoms with Crippen molar-refractivity contribution in [3.63, 3.8) is 0 Å². The van der Waals surface area contributed by atoms with Crippen molar-refractivity contribution in [2.75, 3.05) is 6.61 Å². The highest BCUT2D eigenvalue weighted by Gasteiger charge is 2.23. The number of hydrogen-bond acceptors (Lipinski definition) is 1. The van der Waals surface area contributed by atoms with Crippen molar-refractivity contribution in [1.29, 1.82) is 0 Å². The van der Waals surface area contributed by atoms with E-state index in [1.165, 1.54) is 18.2 Å². The van der Waals surface area contributed by atoms with E-state index in [0.717, 1.165) is 6.42 Å². The van der Waals surface area contributed by atoms with E-state index in [1.807, 2.05) is 0 Å². The number of ether oxygens (including phenoxy) is 1. The molecule has 1 fully saturated rings. The fourth-order valence-electron chi connectivity index (χ4n) is 1.62. The fourth-order valence-corrected chi connectivity index (χ4v) is 1.62. The molecule has 0 aromatic heterocycles. The first-order valence-corrected chi connectivity index (χ1v) is 4.34. The van der Waals surface area contributed by atoms with E-state index in [-0.39, 0.29) is 11.7 Å². The maximum Gasteiger partial charge on any atom is 0.131 e. The molecule has 0 amide bonds. The summed E-state index contributed by atoms with van der Waals surface area (Å²) in [5.41, 5.74) is 0.0833. The van der Waals surface area contributed by atoms with Gasteiger partial charge in [0.2, 0.25) is 0 Å². The van der Waals surface area contributed by atoms with E-state index >= 15 is 0 Å². The molecule has 1 aliphatic heterocycles. The predicted octanol–water partition coefficient (Wildman–Crippen LogP) is 2.82. The summed E-state index contributed by atoms with van der Waals surface area (Å²) in [6.45, 7) is 0.596. The molecule has 2 rings (SSSR count). The lowest BCUT2D eigenvalue weighted by atomic mass is 10.1. The van der Waals surface area contributed by atoms with E-state index in [2.05, 4.69) is 0 Å². The molecule has 1 atom stereocenters. The average Bonchev–Trinajstić information content (AvgIpc) is 2.57. The summed E-state index contributed by atoms with van der Waals surface area (Å²) in [5.74, 6) is -1.01. The Balaban J connectivity index is 2.37. The molecular formula is C10H10F2O. The van der Waals surface area contributed by atoms with Gasteiger partial charge in [-0.1, -0.05) is 6.07 Å². The van der Waals surface area contributed by atoms with Crippen LogP contribution in [0.25, 0.3) is 0 Å². The molecule has 0 saturated carbocycles. The first-order valence-electron chi connectivity index (χ1n) is 4.34. The van der Waals surface area contributed by atoms with Gasteiger partial charge in [-0.05, 0) is 25.0 Å². The van der Waals surface area contributed by atoms with Crippen molar-refractivity contribution in [2.45, 2.75) is 18.9 Å². The van der Waals surface area contributed by atoms with Gasteiger partial charge in [-0.15, -0.1) is 0 Å². The largest absolute Gasteiger partial charge is 0.373 e. The molecule has 0 bridgehead atoms. The van der Waals surface area contributed by atoms with Crippen LogP contribution in [0.2, 0.25) is 0 Å². The maximum atomic E-state index is 13.2. The van der Waals surface area contributed by atoms with Crippen molar-refractivity contribution in [2.24, 2.45) is 0 Å². The highest BCUT2D eigenvalue weighted by molar-refractivity contribution is 5.22. The van der Waals surface area contributed by atoms with E-state index in [9.17, 15) is 8.78 Å². The summed E-state index contributed by atoms with van der Waals surface area (Å²) in [5, 5.41) is 0. The van der Waals surface area contributed by atoms with Crippen LogP contribution >= 0.6 is 0 Å². The highest BCUT2D eigenvalue weighted by Crippen LogP contribution is 2.31. The van der Waals surface area contributed by atoms with Gasteiger partial charge in [-0.3, -0.25) is 0 Å². The van der Waals surface area contributed by atoms with Gasteiger partial charge in [0, 0.05) is 6.61 Å². The van der Waals surface area contributed by atoms with Gasteiger partial charge in [0.15, 0.2) is 0 Å². The van der Waals surface area contributed by atoms with Crippen LogP contribution in [0.3, 0.4) is 0 Å². The Morgan fingerprint density at radius 3 is 2.46 bits per heavy atom. The minimum Gasteiger partial charge on any atom is -0.373 e. The van der Waals surface area contributed by atoms with E-state index in [0.29, 0.717) is 13.0 Å². The van der Waals surface area contributed by atoms with Crippen molar-refractivity contribution in [3.8, 4) is 0 Å². The third-order valence-electron chi connectivity index (χ3n) is 2.25. The predicted molar refractivity (Wildman–Crippen MR) is 44.3 cm³/mol. The minimum atomic E-state index is -0.507. The lowest BCUT2D eigenvalue weighted by Gasteiger charge is -2.11. The molecule has 1 nitrogen and oxygen atoms in total. The van der Waals surface area contributed by atoms with Crippen LogP contribution in [0.1, 0.15) is 24.5 Å². The van der Waals surface area contributed by atoms with Crippen LogP contribution in [0.4, 0.5) is 8.78 Å². The highest BCUT2D eigenvalue weighted by atomic mass is 19.1. The van der Waals surface area contributed by atoms with Crippen molar-refractivity contribution in [1.82, 2.24) is 0 Å². The lowest BCUT2D eigenvalue weighted by molar-refractivity contribution is 0.105. The molecule has 70 valence electrons. The van der Waals surface area contributed by atoms with E-state index in [1.54, 1.807) is 0 Å². The average molecular weight is 184 g/mol. The second kappa shape index (κ2) is 3.42. The molecule has 1 aromatic carbocycles. The van der Waals surface area contributed by atoms with Gasteiger partial charge in [0.25, 0.3) is 0 Å². The van der Waals surface area contributed by atoms with Gasteiger partial charge in [-0.2, -0.15) is 0 Å². The van der Waals surface area contributed by atoms with E-state index < -0.39 is 11.6 Å². The molecular weight excluding hydrogens is 174 g/mol. The molecule has 1 aromatic rings. The van der Waals surface area contributed by atoms with Crippen LogP contribution in [-0.2, 0) is 4.74 Å². The molecule has 0 aliphatic carbocycles. The second-order valence-corrected chi connectivity index (χ2v) is 3.14. The Morgan fingerprint density at radius 1 is 1.23 bits per heavy atom. The molecule has 3 heteroatoms. The van der Waals surface area contributed by atoms with Crippen LogP contribution < -0.4 is 0 Å². The van der Waals surface area contributed by atoms with Crippen LogP contribution in [-0.4, -0.2) is 6.61 Å². The molecule has 1 unspecified atom stereocenters. The fraction of sp³-hybridized carbons (Fsp3) is 0.400. The topological polar surface area (TPSA) is 9.23 Å². The number of benzene rings is 1. The summed E-state index contributed by atoms with van der Waals surface area (Å²) >= 11 is 0. The van der Waals surface area contributed by atoms with Gasteiger partial charge in [-0.25, -0.2) is 8.78 Å². The molecule has 13 heavy (non-hydrogen) atoms. The number of halogens is 2. The maximum absolute atomic E-state index is 13.2. The molecule has 1 saturated heterocycles. The van der Waals surface area contributed by atoms with Crippen LogP contribution in [0, 0.1) is 11.6 Å². The van der Waals surface area contributed by atoms with Crippen molar-refractivity contribution < 1.29 is 13.5 Å². The molecule has 0 radical (unpaired) electrons. The summed E-state index contributed by atoms with van der Waals surface area (Å²) in [6.07, 6.45) is 1.19. The monoisotopic (exact) mass is 184 g/mol. The quantitative estimate of drug-likeness (QED) is 0.652. The van der Waals surface area contributed by atoms with Crippen molar-refractivity contribution >= 4 is 0 Å². The zero-order chi connectivity index (χ0) is 9.26.